The lowest BCUT2D eigenvalue weighted by atomic mass is 9.81. The molecular formula is C70H44. The van der Waals surface area contributed by atoms with Gasteiger partial charge in [0, 0.05) is 0 Å². The first-order valence-electron chi connectivity index (χ1n) is 24.3. The van der Waals surface area contributed by atoms with E-state index >= 15 is 0 Å². The summed E-state index contributed by atoms with van der Waals surface area (Å²) < 4.78 is 0. The van der Waals surface area contributed by atoms with Crippen molar-refractivity contribution < 1.29 is 0 Å². The molecule has 0 radical (unpaired) electrons. The fraction of sp³-hybridized carbons (Fsp3) is 0. The Labute approximate surface area is 407 Å². The molecule has 0 aliphatic rings. The van der Waals surface area contributed by atoms with Crippen LogP contribution in [0.15, 0.2) is 267 Å². The van der Waals surface area contributed by atoms with Crippen LogP contribution in [0.25, 0.3) is 143 Å². The van der Waals surface area contributed by atoms with E-state index in [1.54, 1.807) is 0 Å². The smallest absolute Gasteiger partial charge is 0.00139 e. The van der Waals surface area contributed by atoms with Crippen LogP contribution < -0.4 is 0 Å². The Kier molecular flexibility index (Phi) is 9.32. The highest BCUT2D eigenvalue weighted by atomic mass is 14.2. The lowest BCUT2D eigenvalue weighted by Crippen LogP contribution is -1.94. The van der Waals surface area contributed by atoms with Crippen LogP contribution in [0.4, 0.5) is 0 Å². The fourth-order valence-electron chi connectivity index (χ4n) is 11.5. The van der Waals surface area contributed by atoms with E-state index in [0.29, 0.717) is 0 Å². The van der Waals surface area contributed by atoms with Crippen molar-refractivity contribution >= 4 is 64.6 Å². The van der Waals surface area contributed by atoms with Gasteiger partial charge in [0.15, 0.2) is 0 Å². The molecule has 70 heavy (non-hydrogen) atoms. The van der Waals surface area contributed by atoms with Gasteiger partial charge in [0.2, 0.25) is 0 Å². The maximum atomic E-state index is 2.45. The number of fused-ring (bicyclic) bond motifs is 3. The van der Waals surface area contributed by atoms with Crippen LogP contribution in [0, 0.1) is 0 Å². The number of rotatable bonds is 7. The molecule has 0 unspecified atom stereocenters. The first-order valence-corrected chi connectivity index (χ1v) is 24.3. The minimum absolute atomic E-state index is 1.20. The summed E-state index contributed by atoms with van der Waals surface area (Å²) in [5.74, 6) is 0. The number of hydrogen-bond acceptors (Lipinski definition) is 0. The van der Waals surface area contributed by atoms with Crippen molar-refractivity contribution in [1.82, 2.24) is 0 Å². The number of benzene rings is 14. The maximum absolute atomic E-state index is 2.45. The van der Waals surface area contributed by atoms with Crippen LogP contribution >= 0.6 is 0 Å². The average molecular weight is 885 g/mol. The molecule has 0 heterocycles. The first-order chi connectivity index (χ1) is 34.7. The molecule has 14 rings (SSSR count). The van der Waals surface area contributed by atoms with E-state index < -0.39 is 0 Å². The summed E-state index contributed by atoms with van der Waals surface area (Å²) in [5, 5.41) is 15.2. The molecule has 0 saturated carbocycles. The monoisotopic (exact) mass is 884 g/mol. The van der Waals surface area contributed by atoms with Crippen molar-refractivity contribution in [3.8, 4) is 77.9 Å². The Balaban J connectivity index is 1.00. The van der Waals surface area contributed by atoms with Gasteiger partial charge < -0.3 is 0 Å². The highest BCUT2D eigenvalue weighted by molar-refractivity contribution is 6.32. The van der Waals surface area contributed by atoms with Gasteiger partial charge in [-0.1, -0.05) is 255 Å². The average Bonchev–Trinajstić information content (AvgIpc) is 3.44. The maximum Gasteiger partial charge on any atom is -0.00139 e. The van der Waals surface area contributed by atoms with E-state index in [1.165, 1.54) is 143 Å². The predicted octanol–water partition coefficient (Wildman–Crippen LogP) is 19.7. The third-order valence-electron chi connectivity index (χ3n) is 14.9. The quantitative estimate of drug-likeness (QED) is 0.140. The third-order valence-corrected chi connectivity index (χ3v) is 14.9. The second-order valence-corrected chi connectivity index (χ2v) is 18.7. The van der Waals surface area contributed by atoms with Crippen molar-refractivity contribution in [2.45, 2.75) is 0 Å². The second-order valence-electron chi connectivity index (χ2n) is 18.7. The van der Waals surface area contributed by atoms with Gasteiger partial charge in [-0.25, -0.2) is 0 Å². The Morgan fingerprint density at radius 2 is 0.386 bits per heavy atom. The van der Waals surface area contributed by atoms with Gasteiger partial charge in [0.1, 0.15) is 0 Å². The van der Waals surface area contributed by atoms with Crippen LogP contribution in [-0.2, 0) is 0 Å². The molecule has 0 fully saturated rings. The first kappa shape index (κ1) is 40.0. The van der Waals surface area contributed by atoms with Gasteiger partial charge in [-0.05, 0) is 155 Å². The van der Waals surface area contributed by atoms with Crippen molar-refractivity contribution in [3.63, 3.8) is 0 Å². The molecule has 0 saturated heterocycles. The molecule has 0 aromatic heterocycles. The lowest BCUT2D eigenvalue weighted by molar-refractivity contribution is 1.60. The minimum Gasteiger partial charge on any atom is -0.0622 e. The lowest BCUT2D eigenvalue weighted by Gasteiger charge is -2.22. The zero-order valence-corrected chi connectivity index (χ0v) is 38.4. The number of hydrogen-bond donors (Lipinski definition) is 0. The van der Waals surface area contributed by atoms with E-state index in [0.717, 1.165) is 0 Å². The van der Waals surface area contributed by atoms with Gasteiger partial charge in [-0.3, -0.25) is 0 Å². The van der Waals surface area contributed by atoms with E-state index in [9.17, 15) is 0 Å². The van der Waals surface area contributed by atoms with E-state index in [-0.39, 0.29) is 0 Å². The molecule has 0 amide bonds. The van der Waals surface area contributed by atoms with Crippen LogP contribution in [-0.4, -0.2) is 0 Å². The molecule has 0 bridgehead atoms. The fourth-order valence-corrected chi connectivity index (χ4v) is 11.5. The summed E-state index contributed by atoms with van der Waals surface area (Å²) in [4.78, 5) is 0. The molecule has 0 heteroatoms. The Morgan fingerprint density at radius 1 is 0.143 bits per heavy atom. The van der Waals surface area contributed by atoms with Crippen LogP contribution in [0.5, 0.6) is 0 Å². The SMILES string of the molecule is c1ccc(-c2cc(-c3ccc(-c4cccc5ccccc45)cc3)c3ccc4c(-c5ccc(-c6cccc7ccccc67)cc5)cc(-c5ccc(-c6cccc7ccccc67)cc5)c5ccc2c3c54)cc1. The highest BCUT2D eigenvalue weighted by Crippen LogP contribution is 2.49. The summed E-state index contributed by atoms with van der Waals surface area (Å²) in [6.45, 7) is 0. The minimum atomic E-state index is 1.20. The molecule has 14 aromatic carbocycles. The van der Waals surface area contributed by atoms with Crippen LogP contribution in [0.2, 0.25) is 0 Å². The van der Waals surface area contributed by atoms with Gasteiger partial charge >= 0.3 is 0 Å². The van der Waals surface area contributed by atoms with Crippen molar-refractivity contribution in [3.05, 3.63) is 267 Å². The van der Waals surface area contributed by atoms with Gasteiger partial charge in [0.05, 0.1) is 0 Å². The molecule has 0 atom stereocenters. The van der Waals surface area contributed by atoms with Gasteiger partial charge in [-0.2, -0.15) is 0 Å². The molecule has 0 spiro atoms. The summed E-state index contributed by atoms with van der Waals surface area (Å²) in [6.07, 6.45) is 0. The molecule has 324 valence electrons. The van der Waals surface area contributed by atoms with Crippen molar-refractivity contribution in [2.75, 3.05) is 0 Å². The zero-order valence-electron chi connectivity index (χ0n) is 38.4. The summed E-state index contributed by atoms with van der Waals surface area (Å²) in [5.41, 5.74) is 17.1. The Morgan fingerprint density at radius 3 is 0.700 bits per heavy atom. The van der Waals surface area contributed by atoms with Crippen LogP contribution in [0.3, 0.4) is 0 Å². The van der Waals surface area contributed by atoms with Crippen LogP contribution in [0.1, 0.15) is 0 Å². The van der Waals surface area contributed by atoms with Crippen molar-refractivity contribution in [1.29, 1.82) is 0 Å². The highest BCUT2D eigenvalue weighted by Gasteiger charge is 2.22. The summed E-state index contributed by atoms with van der Waals surface area (Å²) in [7, 11) is 0. The summed E-state index contributed by atoms with van der Waals surface area (Å²) >= 11 is 0. The largest absolute Gasteiger partial charge is 0.0622 e. The Bertz CT molecular complexity index is 4130. The molecule has 0 N–H and O–H groups in total. The zero-order chi connectivity index (χ0) is 46.1. The Hall–Kier alpha value is -9.10. The standard InChI is InChI=1S/C70H44/c1-2-13-48(14-3-1)65-43-66(52-33-27-49(28-34-52)58-24-10-18-45-15-4-7-21-55(45)58)62-41-42-64-68(54-37-31-51(32-38-54)60-26-12-20-47-17-6-9-23-57(47)60)44-67(63-40-39-61(65)69(62)70(63)64)53-35-29-50(30-36-53)59-25-11-19-46-16-5-8-22-56(46)59/h1-44H. The second kappa shape index (κ2) is 16.3. The van der Waals surface area contributed by atoms with E-state index in [4.69, 9.17) is 0 Å². The molecule has 0 nitrogen and oxygen atoms in total. The predicted molar refractivity (Wildman–Crippen MR) is 301 cm³/mol. The van der Waals surface area contributed by atoms with Crippen molar-refractivity contribution in [2.24, 2.45) is 0 Å². The molecule has 0 aliphatic carbocycles. The summed E-state index contributed by atoms with van der Waals surface area (Å²) in [6, 6.07) is 99.0. The van der Waals surface area contributed by atoms with E-state index in [1.807, 2.05) is 0 Å². The van der Waals surface area contributed by atoms with Gasteiger partial charge in [0.25, 0.3) is 0 Å². The topological polar surface area (TPSA) is 0 Å². The molecule has 0 aliphatic heterocycles. The molecular weight excluding hydrogens is 841 g/mol. The third kappa shape index (κ3) is 6.53. The molecule has 14 aromatic rings. The normalized spacial score (nSPS) is 11.7. The van der Waals surface area contributed by atoms with E-state index in [2.05, 4.69) is 267 Å². The van der Waals surface area contributed by atoms with Gasteiger partial charge in [-0.15, -0.1) is 0 Å².